The molecule has 152 valence electrons. The van der Waals surface area contributed by atoms with Crippen LogP contribution in [0.2, 0.25) is 0 Å². The van der Waals surface area contributed by atoms with E-state index in [-0.39, 0.29) is 17.4 Å². The van der Waals surface area contributed by atoms with Gasteiger partial charge in [0.25, 0.3) is 0 Å². The van der Waals surface area contributed by atoms with E-state index in [9.17, 15) is 5.11 Å². The molecule has 1 N–H and O–H groups in total. The molecule has 2 atom stereocenters. The fourth-order valence-corrected chi connectivity index (χ4v) is 4.83. The fourth-order valence-electron chi connectivity index (χ4n) is 4.83. The van der Waals surface area contributed by atoms with Gasteiger partial charge in [0.05, 0.1) is 31.1 Å². The lowest BCUT2D eigenvalue weighted by Gasteiger charge is -2.52. The standard InChI is InChI=1S/C23H26N2O4/c1-22(2)14-23(10-11-28-22)25-18(16-6-4-5-7-20(16)29-23)13-17(24-25)15-8-9-19(26)21(12-15)27-3/h4-9,12,18,26H,10-11,13-14H2,1-3H3/t18-,23-/m0/s1. The molecule has 3 aliphatic rings. The van der Waals surface area contributed by atoms with E-state index in [0.29, 0.717) is 12.4 Å². The van der Waals surface area contributed by atoms with E-state index in [0.717, 1.165) is 41.9 Å². The average molecular weight is 394 g/mol. The molecule has 1 fully saturated rings. The third-order valence-corrected chi connectivity index (χ3v) is 6.11. The molecule has 0 unspecified atom stereocenters. The van der Waals surface area contributed by atoms with Crippen LogP contribution in [0.25, 0.3) is 0 Å². The summed E-state index contributed by atoms with van der Waals surface area (Å²) < 4.78 is 17.9. The molecular formula is C23H26N2O4. The molecule has 2 aromatic rings. The minimum Gasteiger partial charge on any atom is -0.504 e. The first-order valence-electron chi connectivity index (χ1n) is 10.1. The van der Waals surface area contributed by atoms with Crippen LogP contribution in [0.15, 0.2) is 47.6 Å². The smallest absolute Gasteiger partial charge is 0.203 e. The number of aromatic hydroxyl groups is 1. The van der Waals surface area contributed by atoms with Gasteiger partial charge in [-0.1, -0.05) is 18.2 Å². The molecule has 2 aromatic carbocycles. The molecule has 0 saturated carbocycles. The zero-order valence-corrected chi connectivity index (χ0v) is 17.0. The zero-order valence-electron chi connectivity index (χ0n) is 17.0. The van der Waals surface area contributed by atoms with E-state index in [1.54, 1.807) is 13.2 Å². The summed E-state index contributed by atoms with van der Waals surface area (Å²) in [5.74, 6) is 1.52. The fraction of sp³-hybridized carbons (Fsp3) is 0.435. The molecule has 29 heavy (non-hydrogen) atoms. The monoisotopic (exact) mass is 394 g/mol. The predicted molar refractivity (Wildman–Crippen MR) is 109 cm³/mol. The van der Waals surface area contributed by atoms with Gasteiger partial charge in [-0.05, 0) is 38.1 Å². The van der Waals surface area contributed by atoms with Crippen LogP contribution in [0.1, 0.15) is 50.3 Å². The minimum absolute atomic E-state index is 0.114. The lowest BCUT2D eigenvalue weighted by Crippen LogP contribution is -2.60. The summed E-state index contributed by atoms with van der Waals surface area (Å²) in [7, 11) is 1.56. The lowest BCUT2D eigenvalue weighted by molar-refractivity contribution is -0.212. The second-order valence-corrected chi connectivity index (χ2v) is 8.62. The molecule has 0 bridgehead atoms. The lowest BCUT2D eigenvalue weighted by atomic mass is 9.86. The summed E-state index contributed by atoms with van der Waals surface area (Å²) >= 11 is 0. The van der Waals surface area contributed by atoms with E-state index in [1.807, 2.05) is 24.3 Å². The van der Waals surface area contributed by atoms with Crippen molar-refractivity contribution in [2.45, 2.75) is 50.5 Å². The highest BCUT2D eigenvalue weighted by Gasteiger charge is 2.54. The van der Waals surface area contributed by atoms with E-state index in [4.69, 9.17) is 19.3 Å². The van der Waals surface area contributed by atoms with Crippen molar-refractivity contribution in [3.8, 4) is 17.2 Å². The number of phenolic OH excluding ortho intramolecular Hbond substituents is 1. The van der Waals surface area contributed by atoms with Crippen LogP contribution in [0.4, 0.5) is 0 Å². The highest BCUT2D eigenvalue weighted by Crippen LogP contribution is 2.51. The Bertz CT molecular complexity index is 987. The minimum atomic E-state index is -0.524. The Morgan fingerprint density at radius 3 is 2.83 bits per heavy atom. The number of benzene rings is 2. The first-order chi connectivity index (χ1) is 13.9. The molecule has 0 amide bonds. The maximum Gasteiger partial charge on any atom is 0.203 e. The quantitative estimate of drug-likeness (QED) is 0.826. The van der Waals surface area contributed by atoms with E-state index >= 15 is 0 Å². The maximum atomic E-state index is 9.96. The Balaban J connectivity index is 1.60. The molecule has 0 radical (unpaired) electrons. The second-order valence-electron chi connectivity index (χ2n) is 8.62. The summed E-state index contributed by atoms with van der Waals surface area (Å²) in [6.45, 7) is 4.85. The van der Waals surface area contributed by atoms with Crippen molar-refractivity contribution in [2.75, 3.05) is 13.7 Å². The van der Waals surface area contributed by atoms with Gasteiger partial charge in [-0.3, -0.25) is 0 Å². The van der Waals surface area contributed by atoms with Gasteiger partial charge < -0.3 is 19.3 Å². The number of rotatable bonds is 2. The summed E-state index contributed by atoms with van der Waals surface area (Å²) in [6.07, 6.45) is 2.27. The number of para-hydroxylation sites is 1. The number of hydrazone groups is 1. The predicted octanol–water partition coefficient (Wildman–Crippen LogP) is 4.23. The van der Waals surface area contributed by atoms with Crippen LogP contribution >= 0.6 is 0 Å². The third kappa shape index (κ3) is 2.94. The largest absolute Gasteiger partial charge is 0.504 e. The number of nitrogens with zero attached hydrogens (tertiary/aromatic N) is 2. The Kier molecular flexibility index (Phi) is 4.03. The number of fused-ring (bicyclic) bond motifs is 4. The number of phenols is 1. The molecular weight excluding hydrogens is 368 g/mol. The number of methoxy groups -OCH3 is 1. The number of ether oxygens (including phenoxy) is 3. The normalized spacial score (nSPS) is 27.1. The van der Waals surface area contributed by atoms with Crippen LogP contribution in [-0.4, -0.2) is 40.9 Å². The summed E-state index contributed by atoms with van der Waals surface area (Å²) in [6, 6.07) is 13.8. The van der Waals surface area contributed by atoms with Gasteiger partial charge in [-0.25, -0.2) is 5.01 Å². The van der Waals surface area contributed by atoms with Gasteiger partial charge in [0.1, 0.15) is 5.75 Å². The highest BCUT2D eigenvalue weighted by atomic mass is 16.5. The van der Waals surface area contributed by atoms with Gasteiger partial charge in [-0.15, -0.1) is 0 Å². The van der Waals surface area contributed by atoms with Gasteiger partial charge in [-0.2, -0.15) is 5.10 Å². The van der Waals surface area contributed by atoms with Crippen molar-refractivity contribution in [1.29, 1.82) is 0 Å². The molecule has 6 heteroatoms. The summed E-state index contributed by atoms with van der Waals surface area (Å²) in [4.78, 5) is 0. The molecule has 0 aromatic heterocycles. The van der Waals surface area contributed by atoms with Crippen LogP contribution in [0.3, 0.4) is 0 Å². The van der Waals surface area contributed by atoms with Crippen LogP contribution in [0.5, 0.6) is 17.2 Å². The zero-order chi connectivity index (χ0) is 20.2. The first-order valence-corrected chi connectivity index (χ1v) is 10.1. The molecule has 0 aliphatic carbocycles. The van der Waals surface area contributed by atoms with Crippen molar-refractivity contribution in [2.24, 2.45) is 5.10 Å². The van der Waals surface area contributed by atoms with E-state index in [2.05, 4.69) is 31.0 Å². The average Bonchev–Trinajstić information content (AvgIpc) is 3.14. The van der Waals surface area contributed by atoms with Crippen LogP contribution in [0, 0.1) is 0 Å². The topological polar surface area (TPSA) is 63.5 Å². The van der Waals surface area contributed by atoms with E-state index in [1.165, 1.54) is 0 Å². The molecule has 6 nitrogen and oxygen atoms in total. The SMILES string of the molecule is COc1cc(C2=NN3[C@@H](C2)c2ccccc2O[C@]32CCOC(C)(C)C2)ccc1O. The number of hydrogen-bond acceptors (Lipinski definition) is 6. The van der Waals surface area contributed by atoms with Crippen molar-refractivity contribution >= 4 is 5.71 Å². The van der Waals surface area contributed by atoms with Crippen LogP contribution < -0.4 is 9.47 Å². The van der Waals surface area contributed by atoms with Crippen molar-refractivity contribution < 1.29 is 19.3 Å². The van der Waals surface area contributed by atoms with Gasteiger partial charge in [0.2, 0.25) is 5.72 Å². The Labute approximate surface area is 170 Å². The Hall–Kier alpha value is -2.73. The third-order valence-electron chi connectivity index (χ3n) is 6.11. The molecule has 5 rings (SSSR count). The van der Waals surface area contributed by atoms with E-state index < -0.39 is 5.72 Å². The molecule has 3 aliphatic heterocycles. The van der Waals surface area contributed by atoms with Crippen molar-refractivity contribution in [3.63, 3.8) is 0 Å². The molecule has 1 saturated heterocycles. The summed E-state index contributed by atoms with van der Waals surface area (Å²) in [5, 5.41) is 17.2. The summed E-state index contributed by atoms with van der Waals surface area (Å²) in [5.41, 5.74) is 2.27. The molecule has 1 spiro atoms. The van der Waals surface area contributed by atoms with Crippen molar-refractivity contribution in [1.82, 2.24) is 5.01 Å². The Morgan fingerprint density at radius 1 is 1.21 bits per heavy atom. The van der Waals surface area contributed by atoms with Gasteiger partial charge >= 0.3 is 0 Å². The van der Waals surface area contributed by atoms with Crippen LogP contribution in [-0.2, 0) is 4.74 Å². The van der Waals surface area contributed by atoms with Crippen molar-refractivity contribution in [3.05, 3.63) is 53.6 Å². The first kappa shape index (κ1) is 18.3. The number of hydrogen-bond donors (Lipinski definition) is 1. The molecule has 3 heterocycles. The highest BCUT2D eigenvalue weighted by molar-refractivity contribution is 6.02. The maximum absolute atomic E-state index is 9.96. The Morgan fingerprint density at radius 2 is 2.03 bits per heavy atom. The van der Waals surface area contributed by atoms with Gasteiger partial charge in [0.15, 0.2) is 11.5 Å². The van der Waals surface area contributed by atoms with Gasteiger partial charge in [0, 0.05) is 30.4 Å². The second kappa shape index (κ2) is 6.39.